The lowest BCUT2D eigenvalue weighted by molar-refractivity contribution is 0.415. The Hall–Kier alpha value is -2.07. The SMILES string of the molecule is COc1ccc(-c2cc(NCCCBr)c3ccccc3n2)cc1. The lowest BCUT2D eigenvalue weighted by Gasteiger charge is -2.12. The summed E-state index contributed by atoms with van der Waals surface area (Å²) in [5.74, 6) is 0.852. The van der Waals surface area contributed by atoms with E-state index in [1.807, 2.05) is 36.4 Å². The molecule has 0 aliphatic carbocycles. The molecule has 1 N–H and O–H groups in total. The van der Waals surface area contributed by atoms with Gasteiger partial charge in [-0.2, -0.15) is 0 Å². The number of hydrogen-bond donors (Lipinski definition) is 1. The fraction of sp³-hybridized carbons (Fsp3) is 0.211. The third-order valence-electron chi connectivity index (χ3n) is 3.73. The summed E-state index contributed by atoms with van der Waals surface area (Å²) in [5.41, 5.74) is 4.18. The van der Waals surface area contributed by atoms with Gasteiger partial charge >= 0.3 is 0 Å². The zero-order valence-electron chi connectivity index (χ0n) is 13.1. The molecule has 1 heterocycles. The summed E-state index contributed by atoms with van der Waals surface area (Å²) < 4.78 is 5.23. The third-order valence-corrected chi connectivity index (χ3v) is 4.29. The zero-order valence-corrected chi connectivity index (χ0v) is 14.6. The minimum absolute atomic E-state index is 0.852. The molecule has 23 heavy (non-hydrogen) atoms. The van der Waals surface area contributed by atoms with Crippen LogP contribution in [0.2, 0.25) is 0 Å². The first kappa shape index (κ1) is 15.8. The van der Waals surface area contributed by atoms with Crippen molar-refractivity contribution < 1.29 is 4.74 Å². The Kier molecular flexibility index (Phi) is 5.13. The molecule has 2 aromatic carbocycles. The van der Waals surface area contributed by atoms with E-state index in [2.05, 4.69) is 39.4 Å². The second-order valence-corrected chi connectivity index (χ2v) is 6.06. The molecule has 118 valence electrons. The van der Waals surface area contributed by atoms with Crippen LogP contribution in [0.5, 0.6) is 5.75 Å². The maximum Gasteiger partial charge on any atom is 0.118 e. The predicted molar refractivity (Wildman–Crippen MR) is 101 cm³/mol. The number of pyridine rings is 1. The Morgan fingerprint density at radius 3 is 2.61 bits per heavy atom. The first-order chi connectivity index (χ1) is 11.3. The van der Waals surface area contributed by atoms with Crippen molar-refractivity contribution in [3.05, 3.63) is 54.6 Å². The summed E-state index contributed by atoms with van der Waals surface area (Å²) in [6.07, 6.45) is 1.08. The normalized spacial score (nSPS) is 10.7. The van der Waals surface area contributed by atoms with Crippen LogP contribution in [0.1, 0.15) is 6.42 Å². The number of aromatic nitrogens is 1. The molecule has 0 spiro atoms. The van der Waals surface area contributed by atoms with Crippen LogP contribution in [0.25, 0.3) is 22.2 Å². The van der Waals surface area contributed by atoms with Crippen LogP contribution in [0, 0.1) is 0 Å². The topological polar surface area (TPSA) is 34.1 Å². The minimum atomic E-state index is 0.852. The van der Waals surface area contributed by atoms with Gasteiger partial charge in [0.15, 0.2) is 0 Å². The molecule has 0 aliphatic heterocycles. The highest BCUT2D eigenvalue weighted by molar-refractivity contribution is 9.09. The van der Waals surface area contributed by atoms with Crippen molar-refractivity contribution in [2.75, 3.05) is 24.3 Å². The van der Waals surface area contributed by atoms with Crippen LogP contribution in [-0.2, 0) is 0 Å². The molecule has 0 radical (unpaired) electrons. The predicted octanol–water partition coefficient (Wildman–Crippen LogP) is 5.11. The lowest BCUT2D eigenvalue weighted by Crippen LogP contribution is -2.03. The highest BCUT2D eigenvalue weighted by Gasteiger charge is 2.07. The van der Waals surface area contributed by atoms with E-state index in [1.54, 1.807) is 7.11 Å². The second-order valence-electron chi connectivity index (χ2n) is 5.27. The fourth-order valence-corrected chi connectivity index (χ4v) is 2.80. The quantitative estimate of drug-likeness (QED) is 0.483. The van der Waals surface area contributed by atoms with Crippen molar-refractivity contribution >= 4 is 32.5 Å². The molecule has 0 atom stereocenters. The highest BCUT2D eigenvalue weighted by atomic mass is 79.9. The number of anilines is 1. The van der Waals surface area contributed by atoms with Gasteiger partial charge in [0.1, 0.15) is 5.75 Å². The Bertz CT molecular complexity index is 787. The molecule has 3 aromatic rings. The van der Waals surface area contributed by atoms with Gasteiger partial charge in [0, 0.05) is 28.5 Å². The molecule has 4 heteroatoms. The van der Waals surface area contributed by atoms with Crippen LogP contribution in [-0.4, -0.2) is 24.0 Å². The van der Waals surface area contributed by atoms with Crippen molar-refractivity contribution in [2.24, 2.45) is 0 Å². The van der Waals surface area contributed by atoms with E-state index in [1.165, 1.54) is 0 Å². The number of nitrogens with one attached hydrogen (secondary N) is 1. The number of halogens is 1. The first-order valence-electron chi connectivity index (χ1n) is 7.66. The van der Waals surface area contributed by atoms with Gasteiger partial charge in [-0.25, -0.2) is 4.98 Å². The van der Waals surface area contributed by atoms with Gasteiger partial charge in [0.05, 0.1) is 18.3 Å². The Morgan fingerprint density at radius 2 is 1.87 bits per heavy atom. The van der Waals surface area contributed by atoms with Gasteiger partial charge in [-0.15, -0.1) is 0 Å². The molecule has 0 aliphatic rings. The van der Waals surface area contributed by atoms with Crippen molar-refractivity contribution in [3.63, 3.8) is 0 Å². The number of nitrogens with zero attached hydrogens (tertiary/aromatic N) is 1. The fourth-order valence-electron chi connectivity index (χ4n) is 2.52. The number of para-hydroxylation sites is 1. The van der Waals surface area contributed by atoms with E-state index in [0.717, 1.165) is 51.9 Å². The number of fused-ring (bicyclic) bond motifs is 1. The summed E-state index contributed by atoms with van der Waals surface area (Å²) in [4.78, 5) is 4.80. The van der Waals surface area contributed by atoms with Crippen molar-refractivity contribution in [1.82, 2.24) is 4.98 Å². The van der Waals surface area contributed by atoms with E-state index in [-0.39, 0.29) is 0 Å². The average molecular weight is 371 g/mol. The number of rotatable bonds is 6. The number of ether oxygens (including phenoxy) is 1. The van der Waals surface area contributed by atoms with Crippen LogP contribution >= 0.6 is 15.9 Å². The van der Waals surface area contributed by atoms with Crippen molar-refractivity contribution in [3.8, 4) is 17.0 Å². The summed E-state index contributed by atoms with van der Waals surface area (Å²) in [5, 5.41) is 5.67. The van der Waals surface area contributed by atoms with Gasteiger partial charge in [0.25, 0.3) is 0 Å². The molecular weight excluding hydrogens is 352 g/mol. The van der Waals surface area contributed by atoms with E-state index in [0.29, 0.717) is 0 Å². The number of alkyl halides is 1. The molecule has 0 saturated carbocycles. The molecule has 3 nitrogen and oxygen atoms in total. The minimum Gasteiger partial charge on any atom is -0.497 e. The smallest absolute Gasteiger partial charge is 0.118 e. The molecule has 3 rings (SSSR count). The Morgan fingerprint density at radius 1 is 1.09 bits per heavy atom. The molecule has 1 aromatic heterocycles. The molecule has 0 amide bonds. The summed E-state index contributed by atoms with van der Waals surface area (Å²) in [6.45, 7) is 0.932. The van der Waals surface area contributed by atoms with Gasteiger partial charge in [-0.3, -0.25) is 0 Å². The second kappa shape index (κ2) is 7.47. The van der Waals surface area contributed by atoms with Gasteiger partial charge in [0.2, 0.25) is 0 Å². The van der Waals surface area contributed by atoms with Crippen LogP contribution in [0.4, 0.5) is 5.69 Å². The summed E-state index contributed by atoms with van der Waals surface area (Å²) in [6, 6.07) is 18.4. The summed E-state index contributed by atoms with van der Waals surface area (Å²) >= 11 is 3.47. The number of hydrogen-bond acceptors (Lipinski definition) is 3. The monoisotopic (exact) mass is 370 g/mol. The molecule has 0 unspecified atom stereocenters. The van der Waals surface area contributed by atoms with Crippen molar-refractivity contribution in [2.45, 2.75) is 6.42 Å². The van der Waals surface area contributed by atoms with Gasteiger partial charge in [-0.05, 0) is 42.8 Å². The average Bonchev–Trinajstić information content (AvgIpc) is 2.62. The summed E-state index contributed by atoms with van der Waals surface area (Å²) in [7, 11) is 1.68. The standard InChI is InChI=1S/C19H19BrN2O/c1-23-15-9-7-14(8-10-15)18-13-19(21-12-4-11-20)16-5-2-3-6-17(16)22-18/h2-3,5-10,13H,4,11-12H2,1H3,(H,21,22). The lowest BCUT2D eigenvalue weighted by atomic mass is 10.1. The maximum absolute atomic E-state index is 5.23. The first-order valence-corrected chi connectivity index (χ1v) is 8.78. The van der Waals surface area contributed by atoms with E-state index in [9.17, 15) is 0 Å². The number of benzene rings is 2. The number of methoxy groups -OCH3 is 1. The van der Waals surface area contributed by atoms with Gasteiger partial charge in [-0.1, -0.05) is 34.1 Å². The largest absolute Gasteiger partial charge is 0.497 e. The maximum atomic E-state index is 5.23. The van der Waals surface area contributed by atoms with Crippen molar-refractivity contribution in [1.29, 1.82) is 0 Å². The Labute approximate surface area is 144 Å². The molecule has 0 fully saturated rings. The van der Waals surface area contributed by atoms with E-state index in [4.69, 9.17) is 9.72 Å². The zero-order chi connectivity index (χ0) is 16.1. The third kappa shape index (κ3) is 3.64. The van der Waals surface area contributed by atoms with E-state index >= 15 is 0 Å². The highest BCUT2D eigenvalue weighted by Crippen LogP contribution is 2.29. The molecular formula is C19H19BrN2O. The molecule has 0 bridgehead atoms. The van der Waals surface area contributed by atoms with Crippen LogP contribution in [0.3, 0.4) is 0 Å². The van der Waals surface area contributed by atoms with E-state index < -0.39 is 0 Å². The van der Waals surface area contributed by atoms with Crippen LogP contribution < -0.4 is 10.1 Å². The van der Waals surface area contributed by atoms with Crippen LogP contribution in [0.15, 0.2) is 54.6 Å². The van der Waals surface area contributed by atoms with Gasteiger partial charge < -0.3 is 10.1 Å². The molecule has 0 saturated heterocycles. The Balaban J connectivity index is 2.02.